The van der Waals surface area contributed by atoms with Gasteiger partial charge in [-0.15, -0.1) is 0 Å². The second-order valence-corrected chi connectivity index (χ2v) is 4.82. The van der Waals surface area contributed by atoms with Crippen molar-refractivity contribution in [3.63, 3.8) is 0 Å². The monoisotopic (exact) mass is 286 g/mol. The maximum atomic E-state index is 11.6. The number of aromatic nitrogens is 1. The summed E-state index contributed by atoms with van der Waals surface area (Å²) in [6.45, 7) is 2.65. The molecule has 1 heterocycles. The van der Waals surface area contributed by atoms with Crippen molar-refractivity contribution in [3.05, 3.63) is 34.2 Å². The SMILES string of the molecule is CCCC(Br)CNC(=O)c1cccc(=O)[nH]1. The summed E-state index contributed by atoms with van der Waals surface area (Å²) in [6, 6.07) is 4.52. The average Bonchev–Trinajstić information content (AvgIpc) is 2.26. The van der Waals surface area contributed by atoms with Gasteiger partial charge in [0.1, 0.15) is 5.69 Å². The fourth-order valence-electron chi connectivity index (χ4n) is 1.29. The number of amides is 1. The molecule has 0 saturated heterocycles. The van der Waals surface area contributed by atoms with Crippen LogP contribution in [-0.4, -0.2) is 22.3 Å². The van der Waals surface area contributed by atoms with Crippen molar-refractivity contribution in [1.82, 2.24) is 10.3 Å². The molecule has 0 bridgehead atoms. The number of alkyl halides is 1. The lowest BCUT2D eigenvalue weighted by Crippen LogP contribution is -2.31. The summed E-state index contributed by atoms with van der Waals surface area (Å²) in [5, 5.41) is 2.75. The van der Waals surface area contributed by atoms with Gasteiger partial charge in [-0.25, -0.2) is 0 Å². The van der Waals surface area contributed by atoms with Crippen LogP contribution in [-0.2, 0) is 0 Å². The quantitative estimate of drug-likeness (QED) is 0.809. The summed E-state index contributed by atoms with van der Waals surface area (Å²) in [5.41, 5.74) is 0.0281. The highest BCUT2D eigenvalue weighted by Crippen LogP contribution is 2.06. The van der Waals surface area contributed by atoms with E-state index in [1.165, 1.54) is 6.07 Å². The molecule has 0 aliphatic carbocycles. The Bertz CT molecular complexity index is 403. The molecule has 5 heteroatoms. The van der Waals surface area contributed by atoms with E-state index in [4.69, 9.17) is 0 Å². The molecule has 1 aromatic rings. The zero-order chi connectivity index (χ0) is 12.0. The zero-order valence-corrected chi connectivity index (χ0v) is 10.7. The Balaban J connectivity index is 2.50. The van der Waals surface area contributed by atoms with Crippen LogP contribution >= 0.6 is 15.9 Å². The Morgan fingerprint density at radius 2 is 2.31 bits per heavy atom. The van der Waals surface area contributed by atoms with Crippen LogP contribution in [0.3, 0.4) is 0 Å². The Morgan fingerprint density at radius 1 is 1.56 bits per heavy atom. The number of nitrogens with one attached hydrogen (secondary N) is 2. The number of hydrogen-bond donors (Lipinski definition) is 2. The van der Waals surface area contributed by atoms with Crippen molar-refractivity contribution in [1.29, 1.82) is 0 Å². The molecule has 1 rings (SSSR count). The van der Waals surface area contributed by atoms with E-state index in [1.54, 1.807) is 12.1 Å². The Labute approximate surface area is 103 Å². The van der Waals surface area contributed by atoms with Crippen molar-refractivity contribution in [3.8, 4) is 0 Å². The first-order chi connectivity index (χ1) is 7.63. The Kier molecular flexibility index (Phi) is 5.25. The lowest BCUT2D eigenvalue weighted by Gasteiger charge is -2.09. The lowest BCUT2D eigenvalue weighted by atomic mass is 10.2. The van der Waals surface area contributed by atoms with Gasteiger partial charge >= 0.3 is 0 Å². The molecule has 0 fully saturated rings. The van der Waals surface area contributed by atoms with Crippen LogP contribution in [0.25, 0.3) is 0 Å². The van der Waals surface area contributed by atoms with Crippen LogP contribution < -0.4 is 10.9 Å². The highest BCUT2D eigenvalue weighted by atomic mass is 79.9. The van der Waals surface area contributed by atoms with Crippen LogP contribution in [0, 0.1) is 0 Å². The van der Waals surface area contributed by atoms with Gasteiger partial charge in [0.2, 0.25) is 5.56 Å². The number of carbonyl (C=O) groups excluding carboxylic acids is 1. The van der Waals surface area contributed by atoms with Gasteiger partial charge in [-0.2, -0.15) is 0 Å². The molecule has 0 radical (unpaired) electrons. The van der Waals surface area contributed by atoms with E-state index >= 15 is 0 Å². The molecule has 0 saturated carbocycles. The molecule has 0 aliphatic heterocycles. The predicted molar refractivity (Wildman–Crippen MR) is 67.0 cm³/mol. The van der Waals surface area contributed by atoms with E-state index in [9.17, 15) is 9.59 Å². The van der Waals surface area contributed by atoms with Gasteiger partial charge in [-0.3, -0.25) is 9.59 Å². The maximum absolute atomic E-state index is 11.6. The molecule has 1 aromatic heterocycles. The average molecular weight is 287 g/mol. The third kappa shape index (κ3) is 4.18. The first kappa shape index (κ1) is 13.0. The summed E-state index contributed by atoms with van der Waals surface area (Å²) in [4.78, 5) is 25.3. The van der Waals surface area contributed by atoms with Crippen molar-refractivity contribution in [2.24, 2.45) is 0 Å². The van der Waals surface area contributed by atoms with E-state index in [0.29, 0.717) is 12.2 Å². The van der Waals surface area contributed by atoms with Crippen molar-refractivity contribution in [2.75, 3.05) is 6.54 Å². The van der Waals surface area contributed by atoms with E-state index in [-0.39, 0.29) is 16.3 Å². The highest BCUT2D eigenvalue weighted by Gasteiger charge is 2.08. The predicted octanol–water partition coefficient (Wildman–Crippen LogP) is 1.67. The third-order valence-electron chi connectivity index (χ3n) is 2.10. The lowest BCUT2D eigenvalue weighted by molar-refractivity contribution is 0.0948. The number of H-pyrrole nitrogens is 1. The first-order valence-corrected chi connectivity index (χ1v) is 6.16. The minimum absolute atomic E-state index is 0.252. The number of carbonyl (C=O) groups is 1. The van der Waals surface area contributed by atoms with Crippen molar-refractivity contribution < 1.29 is 4.79 Å². The molecule has 4 nitrogen and oxygen atoms in total. The molecular formula is C11H15BrN2O2. The maximum Gasteiger partial charge on any atom is 0.267 e. The minimum atomic E-state index is -0.267. The molecule has 1 amide bonds. The van der Waals surface area contributed by atoms with Crippen LogP contribution in [0.1, 0.15) is 30.3 Å². The third-order valence-corrected chi connectivity index (χ3v) is 2.88. The summed E-state index contributed by atoms with van der Waals surface area (Å²) in [7, 11) is 0. The molecule has 1 unspecified atom stereocenters. The van der Waals surface area contributed by atoms with Crippen LogP contribution in [0.15, 0.2) is 23.0 Å². The first-order valence-electron chi connectivity index (χ1n) is 5.25. The van der Waals surface area contributed by atoms with Crippen LogP contribution in [0.4, 0.5) is 0 Å². The van der Waals surface area contributed by atoms with Crippen LogP contribution in [0.2, 0.25) is 0 Å². The van der Waals surface area contributed by atoms with Gasteiger partial charge in [-0.1, -0.05) is 35.3 Å². The van der Waals surface area contributed by atoms with Gasteiger partial charge in [0.15, 0.2) is 0 Å². The van der Waals surface area contributed by atoms with E-state index in [1.807, 2.05) is 0 Å². The largest absolute Gasteiger partial charge is 0.350 e. The second kappa shape index (κ2) is 6.48. The number of halogens is 1. The van der Waals surface area contributed by atoms with Crippen molar-refractivity contribution in [2.45, 2.75) is 24.6 Å². The van der Waals surface area contributed by atoms with Crippen molar-refractivity contribution >= 4 is 21.8 Å². The second-order valence-electron chi connectivity index (χ2n) is 3.52. The molecule has 88 valence electrons. The smallest absolute Gasteiger partial charge is 0.267 e. The summed E-state index contributed by atoms with van der Waals surface area (Å²) >= 11 is 3.47. The topological polar surface area (TPSA) is 62.0 Å². The fraction of sp³-hybridized carbons (Fsp3) is 0.455. The van der Waals surface area contributed by atoms with Gasteiger partial charge in [0.05, 0.1) is 0 Å². The molecule has 2 N–H and O–H groups in total. The van der Waals surface area contributed by atoms with Gasteiger partial charge < -0.3 is 10.3 Å². The summed E-state index contributed by atoms with van der Waals surface area (Å²) in [6.07, 6.45) is 2.07. The Morgan fingerprint density at radius 3 is 2.94 bits per heavy atom. The van der Waals surface area contributed by atoms with E-state index < -0.39 is 0 Å². The van der Waals surface area contributed by atoms with E-state index in [2.05, 4.69) is 33.2 Å². The number of hydrogen-bond acceptors (Lipinski definition) is 2. The summed E-state index contributed by atoms with van der Waals surface area (Å²) < 4.78 is 0. The normalized spacial score (nSPS) is 12.1. The fourth-order valence-corrected chi connectivity index (χ4v) is 1.91. The molecule has 0 aromatic carbocycles. The molecule has 0 spiro atoms. The molecule has 0 aliphatic rings. The van der Waals surface area contributed by atoms with Gasteiger partial charge in [0.25, 0.3) is 5.91 Å². The number of pyridine rings is 1. The van der Waals surface area contributed by atoms with Crippen LogP contribution in [0.5, 0.6) is 0 Å². The molecular weight excluding hydrogens is 272 g/mol. The summed E-state index contributed by atoms with van der Waals surface area (Å²) in [5.74, 6) is -0.252. The number of aromatic amines is 1. The Hall–Kier alpha value is -1.10. The molecule has 1 atom stereocenters. The van der Waals surface area contributed by atoms with E-state index in [0.717, 1.165) is 12.8 Å². The van der Waals surface area contributed by atoms with Gasteiger partial charge in [0, 0.05) is 17.4 Å². The minimum Gasteiger partial charge on any atom is -0.350 e. The highest BCUT2D eigenvalue weighted by molar-refractivity contribution is 9.09. The number of rotatable bonds is 5. The van der Waals surface area contributed by atoms with Gasteiger partial charge in [-0.05, 0) is 12.5 Å². The standard InChI is InChI=1S/C11H15BrN2O2/c1-2-4-8(12)7-13-11(16)9-5-3-6-10(15)14-9/h3,5-6,8H,2,4,7H2,1H3,(H,13,16)(H,14,15). The molecule has 16 heavy (non-hydrogen) atoms. The zero-order valence-electron chi connectivity index (χ0n) is 9.13.